The fourth-order valence-corrected chi connectivity index (χ4v) is 5.18. The third-order valence-electron chi connectivity index (χ3n) is 4.93. The number of fused-ring (bicyclic) bond motifs is 1. The molecule has 2 heterocycles. The van der Waals surface area contributed by atoms with Crippen molar-refractivity contribution in [1.29, 1.82) is 0 Å². The van der Waals surface area contributed by atoms with E-state index in [1.54, 1.807) is 18.2 Å². The lowest BCUT2D eigenvalue weighted by atomic mass is 10.2. The number of primary sulfonamides is 1. The summed E-state index contributed by atoms with van der Waals surface area (Å²) in [5.74, 6) is 1.64. The van der Waals surface area contributed by atoms with Gasteiger partial charge in [-0.25, -0.2) is 22.0 Å². The Morgan fingerprint density at radius 1 is 0.900 bits per heavy atom. The number of nitrogens with zero attached hydrogens (tertiary/aromatic N) is 3. The minimum Gasteiger partial charge on any atom is -0.311 e. The fourth-order valence-electron chi connectivity index (χ4n) is 3.45. The first-order valence-corrected chi connectivity index (χ1v) is 12.5. The van der Waals surface area contributed by atoms with Gasteiger partial charge < -0.3 is 4.57 Å². The summed E-state index contributed by atoms with van der Waals surface area (Å²) in [6.45, 7) is 0.827. The first-order valence-electron chi connectivity index (χ1n) is 9.42. The lowest BCUT2D eigenvalue weighted by molar-refractivity contribution is 0.597. The number of aryl methyl sites for hydroxylation is 1. The van der Waals surface area contributed by atoms with Crippen LogP contribution in [-0.2, 0) is 33.0 Å². The second kappa shape index (κ2) is 7.82. The van der Waals surface area contributed by atoms with Crippen LogP contribution >= 0.6 is 0 Å². The molecule has 0 atom stereocenters. The van der Waals surface area contributed by atoms with Crippen molar-refractivity contribution >= 4 is 25.7 Å². The Kier molecular flexibility index (Phi) is 5.35. The van der Waals surface area contributed by atoms with E-state index in [4.69, 9.17) is 5.14 Å². The van der Waals surface area contributed by atoms with Crippen molar-refractivity contribution in [3.05, 3.63) is 54.4 Å². The number of aromatic nitrogens is 3. The Balaban J connectivity index is 1.65. The van der Waals surface area contributed by atoms with Crippen LogP contribution in [0, 0.1) is 0 Å². The zero-order valence-corrected chi connectivity index (χ0v) is 17.7. The summed E-state index contributed by atoms with van der Waals surface area (Å²) >= 11 is 0. The molecule has 0 saturated carbocycles. The third-order valence-corrected chi connectivity index (χ3v) is 7.22. The summed E-state index contributed by atoms with van der Waals surface area (Å²) in [5.41, 5.74) is 1.08. The normalized spacial score (nSPS) is 14.7. The van der Waals surface area contributed by atoms with E-state index in [1.807, 2.05) is 6.07 Å². The minimum atomic E-state index is -4.02. The van der Waals surface area contributed by atoms with Crippen LogP contribution in [0.4, 0.5) is 5.69 Å². The number of benzene rings is 2. The van der Waals surface area contributed by atoms with Crippen LogP contribution in [0.2, 0.25) is 0 Å². The van der Waals surface area contributed by atoms with Crippen LogP contribution in [0.15, 0.2) is 58.3 Å². The average Bonchev–Trinajstić information content (AvgIpc) is 2.96. The molecule has 0 saturated heterocycles. The minimum absolute atomic E-state index is 0.198. The van der Waals surface area contributed by atoms with Crippen molar-refractivity contribution in [2.75, 3.05) is 4.72 Å². The van der Waals surface area contributed by atoms with Crippen LogP contribution in [0.5, 0.6) is 0 Å². The summed E-state index contributed by atoms with van der Waals surface area (Å²) < 4.78 is 53.2. The van der Waals surface area contributed by atoms with Crippen molar-refractivity contribution in [3.63, 3.8) is 0 Å². The lowest BCUT2D eigenvalue weighted by Gasteiger charge is -2.11. The molecule has 0 fully saturated rings. The maximum absolute atomic E-state index is 12.8. The van der Waals surface area contributed by atoms with Crippen LogP contribution < -0.4 is 9.86 Å². The van der Waals surface area contributed by atoms with Crippen LogP contribution in [0.25, 0.3) is 11.4 Å². The Hall–Kier alpha value is -2.76. The van der Waals surface area contributed by atoms with E-state index >= 15 is 0 Å². The van der Waals surface area contributed by atoms with Crippen LogP contribution in [0.1, 0.15) is 25.1 Å². The summed E-state index contributed by atoms with van der Waals surface area (Å²) in [6.07, 6.45) is 4.14. The predicted octanol–water partition coefficient (Wildman–Crippen LogP) is 2.12. The Labute approximate surface area is 175 Å². The smallest absolute Gasteiger partial charge is 0.261 e. The molecule has 0 aliphatic carbocycles. The van der Waals surface area contributed by atoms with E-state index in [0.29, 0.717) is 11.5 Å². The summed E-state index contributed by atoms with van der Waals surface area (Å²) in [6, 6.07) is 11.8. The molecule has 1 aliphatic heterocycles. The van der Waals surface area contributed by atoms with Crippen molar-refractivity contribution < 1.29 is 16.8 Å². The molecule has 0 unspecified atom stereocenters. The van der Waals surface area contributed by atoms with Gasteiger partial charge in [0, 0.05) is 24.2 Å². The van der Waals surface area contributed by atoms with Gasteiger partial charge >= 0.3 is 0 Å². The first-order chi connectivity index (χ1) is 14.2. The molecule has 158 valence electrons. The SMILES string of the molecule is NS(=O)(=O)c1cccc(S(=O)(=O)Nc2cccc(-c3nnc4n3CCCCC4)c2)c1. The van der Waals surface area contributed by atoms with Crippen LogP contribution in [0.3, 0.4) is 0 Å². The van der Waals surface area contributed by atoms with Crippen LogP contribution in [-0.4, -0.2) is 31.6 Å². The van der Waals surface area contributed by atoms with Gasteiger partial charge in [0.1, 0.15) is 5.82 Å². The van der Waals surface area contributed by atoms with Crippen molar-refractivity contribution in [3.8, 4) is 11.4 Å². The highest BCUT2D eigenvalue weighted by molar-refractivity contribution is 7.93. The highest BCUT2D eigenvalue weighted by Gasteiger charge is 2.19. The number of rotatable bonds is 5. The van der Waals surface area contributed by atoms with E-state index in [-0.39, 0.29) is 9.79 Å². The molecular formula is C19H21N5O4S2. The lowest BCUT2D eigenvalue weighted by Crippen LogP contribution is -2.16. The quantitative estimate of drug-likeness (QED) is 0.615. The standard InChI is InChI=1S/C19H21N5O4S2/c20-29(25,26)16-8-5-9-17(13-16)30(27,28)23-15-7-4-6-14(12-15)19-22-21-18-10-2-1-3-11-24(18)19/h4-9,12-13,23H,1-3,10-11H2,(H2,20,25,26). The van der Waals surface area contributed by atoms with Crippen molar-refractivity contribution in [2.24, 2.45) is 5.14 Å². The molecule has 3 N–H and O–H groups in total. The molecule has 2 aromatic carbocycles. The third kappa shape index (κ3) is 4.23. The van der Waals surface area contributed by atoms with Gasteiger partial charge in [-0.1, -0.05) is 24.6 Å². The number of hydrogen-bond donors (Lipinski definition) is 2. The second-order valence-electron chi connectivity index (χ2n) is 7.11. The molecule has 0 spiro atoms. The number of anilines is 1. The zero-order valence-electron chi connectivity index (χ0n) is 16.0. The van der Waals surface area contributed by atoms with Crippen molar-refractivity contribution in [2.45, 2.75) is 42.0 Å². The van der Waals surface area contributed by atoms with Gasteiger partial charge in [-0.05, 0) is 43.2 Å². The largest absolute Gasteiger partial charge is 0.311 e. The topological polar surface area (TPSA) is 137 Å². The maximum Gasteiger partial charge on any atom is 0.261 e. The maximum atomic E-state index is 12.8. The first kappa shape index (κ1) is 20.5. The highest BCUT2D eigenvalue weighted by Crippen LogP contribution is 2.26. The predicted molar refractivity (Wildman–Crippen MR) is 112 cm³/mol. The number of hydrogen-bond acceptors (Lipinski definition) is 6. The molecule has 30 heavy (non-hydrogen) atoms. The highest BCUT2D eigenvalue weighted by atomic mass is 32.2. The molecule has 4 rings (SSSR count). The van der Waals surface area contributed by atoms with Gasteiger partial charge in [0.2, 0.25) is 10.0 Å². The molecular weight excluding hydrogens is 426 g/mol. The molecule has 0 radical (unpaired) electrons. The molecule has 0 bridgehead atoms. The van der Waals surface area contributed by atoms with Crippen molar-refractivity contribution in [1.82, 2.24) is 14.8 Å². The average molecular weight is 448 g/mol. The number of sulfonamides is 2. The Morgan fingerprint density at radius 2 is 1.67 bits per heavy atom. The molecule has 9 nitrogen and oxygen atoms in total. The van der Waals surface area contributed by atoms with E-state index in [9.17, 15) is 16.8 Å². The van der Waals surface area contributed by atoms with Gasteiger partial charge in [0.15, 0.2) is 5.82 Å². The van der Waals surface area contributed by atoms with E-state index in [2.05, 4.69) is 19.5 Å². The second-order valence-corrected chi connectivity index (χ2v) is 10.4. The van der Waals surface area contributed by atoms with E-state index < -0.39 is 20.0 Å². The summed E-state index contributed by atoms with van der Waals surface area (Å²) in [4.78, 5) is -0.471. The molecule has 1 aromatic heterocycles. The molecule has 11 heteroatoms. The molecule has 1 aliphatic rings. The summed E-state index contributed by atoms with van der Waals surface area (Å²) in [7, 11) is -8.03. The van der Waals surface area contributed by atoms with Gasteiger partial charge in [0.25, 0.3) is 10.0 Å². The van der Waals surface area contributed by atoms with E-state index in [1.165, 1.54) is 18.2 Å². The Bertz CT molecular complexity index is 1300. The fraction of sp³-hybridized carbons (Fsp3) is 0.263. The van der Waals surface area contributed by atoms with Gasteiger partial charge in [-0.15, -0.1) is 10.2 Å². The van der Waals surface area contributed by atoms with Gasteiger partial charge in [-0.2, -0.15) is 0 Å². The number of nitrogens with two attached hydrogens (primary N) is 1. The molecule has 0 amide bonds. The van der Waals surface area contributed by atoms with E-state index in [0.717, 1.165) is 49.7 Å². The summed E-state index contributed by atoms with van der Waals surface area (Å²) in [5, 5.41) is 13.7. The van der Waals surface area contributed by atoms with Gasteiger partial charge in [-0.3, -0.25) is 4.72 Å². The molecule has 3 aromatic rings. The Morgan fingerprint density at radius 3 is 2.47 bits per heavy atom. The van der Waals surface area contributed by atoms with Gasteiger partial charge in [0.05, 0.1) is 9.79 Å². The zero-order chi connectivity index (χ0) is 21.4. The number of nitrogens with one attached hydrogen (secondary N) is 1. The monoisotopic (exact) mass is 447 g/mol.